The van der Waals surface area contributed by atoms with Crippen molar-refractivity contribution < 1.29 is 0 Å². The van der Waals surface area contributed by atoms with Gasteiger partial charge in [-0.25, -0.2) is 4.79 Å². The van der Waals surface area contributed by atoms with Gasteiger partial charge in [0.2, 0.25) is 0 Å². The van der Waals surface area contributed by atoms with Crippen LogP contribution in [0.5, 0.6) is 0 Å². The summed E-state index contributed by atoms with van der Waals surface area (Å²) in [6.45, 7) is 0. The first kappa shape index (κ1) is 10.5. The van der Waals surface area contributed by atoms with Crippen molar-refractivity contribution in [3.05, 3.63) is 39.0 Å². The number of aromatic nitrogens is 2. The van der Waals surface area contributed by atoms with E-state index in [2.05, 4.69) is 4.98 Å². The summed E-state index contributed by atoms with van der Waals surface area (Å²) < 4.78 is 1.07. The van der Waals surface area contributed by atoms with E-state index < -0.39 is 5.69 Å². The molecular formula is C11H13N3O2. The molecule has 1 aromatic carbocycles. The van der Waals surface area contributed by atoms with Gasteiger partial charge in [0, 0.05) is 26.8 Å². The van der Waals surface area contributed by atoms with E-state index in [-0.39, 0.29) is 5.56 Å². The zero-order valence-electron chi connectivity index (χ0n) is 9.44. The summed E-state index contributed by atoms with van der Waals surface area (Å²) in [6, 6.07) is 5.36. The van der Waals surface area contributed by atoms with E-state index in [0.717, 1.165) is 10.3 Å². The third kappa shape index (κ3) is 1.50. The molecule has 1 N–H and O–H groups in total. The number of hydrogen-bond donors (Lipinski definition) is 1. The van der Waals surface area contributed by atoms with Crippen molar-refractivity contribution in [1.29, 1.82) is 0 Å². The Hall–Kier alpha value is -2.04. The number of aromatic amines is 1. The van der Waals surface area contributed by atoms with Gasteiger partial charge in [0.1, 0.15) is 0 Å². The molecule has 16 heavy (non-hydrogen) atoms. The largest absolute Gasteiger partial charge is 0.378 e. The second kappa shape index (κ2) is 3.52. The molecule has 0 radical (unpaired) electrons. The Kier molecular flexibility index (Phi) is 2.30. The highest BCUT2D eigenvalue weighted by Crippen LogP contribution is 2.15. The van der Waals surface area contributed by atoms with Crippen molar-refractivity contribution >= 4 is 16.6 Å². The molecule has 0 unspecified atom stereocenters. The molecule has 2 rings (SSSR count). The molecule has 0 aliphatic carbocycles. The number of anilines is 1. The molecule has 1 heterocycles. The average molecular weight is 219 g/mol. The summed E-state index contributed by atoms with van der Waals surface area (Å²) in [4.78, 5) is 27.8. The first-order chi connectivity index (χ1) is 7.50. The lowest BCUT2D eigenvalue weighted by atomic mass is 10.2. The van der Waals surface area contributed by atoms with Crippen LogP contribution in [0, 0.1) is 0 Å². The minimum atomic E-state index is -0.395. The summed E-state index contributed by atoms with van der Waals surface area (Å²) in [5.41, 5.74) is 0.841. The summed E-state index contributed by atoms with van der Waals surface area (Å²) in [5, 5.41) is 0.521. The Labute approximate surface area is 91.9 Å². The standard InChI is InChI=1S/C11H13N3O2/c1-13(2)7-4-5-8-9(6-7)12-11(16)14(3)10(8)15/h4-6H,1-3H3,(H,12,16). The van der Waals surface area contributed by atoms with Crippen LogP contribution in [0.25, 0.3) is 10.9 Å². The van der Waals surface area contributed by atoms with Gasteiger partial charge in [-0.15, -0.1) is 0 Å². The second-order valence-electron chi connectivity index (χ2n) is 3.92. The number of nitrogens with zero attached hydrogens (tertiary/aromatic N) is 2. The maximum absolute atomic E-state index is 11.8. The van der Waals surface area contributed by atoms with E-state index in [4.69, 9.17) is 0 Å². The van der Waals surface area contributed by atoms with Crippen molar-refractivity contribution in [3.8, 4) is 0 Å². The normalized spacial score (nSPS) is 10.7. The quantitative estimate of drug-likeness (QED) is 0.750. The van der Waals surface area contributed by atoms with Crippen LogP contribution in [-0.2, 0) is 7.05 Å². The average Bonchev–Trinajstić information content (AvgIpc) is 2.25. The Morgan fingerprint density at radius 2 is 1.94 bits per heavy atom. The lowest BCUT2D eigenvalue weighted by molar-refractivity contribution is 0.794. The van der Waals surface area contributed by atoms with Crippen LogP contribution >= 0.6 is 0 Å². The van der Waals surface area contributed by atoms with Gasteiger partial charge >= 0.3 is 5.69 Å². The molecule has 0 aliphatic heterocycles. The van der Waals surface area contributed by atoms with Gasteiger partial charge in [-0.05, 0) is 18.2 Å². The molecular weight excluding hydrogens is 206 g/mol. The molecule has 5 nitrogen and oxygen atoms in total. The molecule has 0 saturated heterocycles. The highest BCUT2D eigenvalue weighted by atomic mass is 16.2. The number of H-pyrrole nitrogens is 1. The van der Waals surface area contributed by atoms with Gasteiger partial charge in [-0.3, -0.25) is 9.36 Å². The highest BCUT2D eigenvalue weighted by Gasteiger charge is 2.05. The molecule has 0 spiro atoms. The van der Waals surface area contributed by atoms with Crippen LogP contribution in [0.2, 0.25) is 0 Å². The molecule has 0 aliphatic rings. The van der Waals surface area contributed by atoms with Crippen molar-refractivity contribution in [2.75, 3.05) is 19.0 Å². The Balaban J connectivity index is 2.87. The monoisotopic (exact) mass is 219 g/mol. The van der Waals surface area contributed by atoms with E-state index in [0.29, 0.717) is 10.9 Å². The summed E-state index contributed by atoms with van der Waals surface area (Å²) in [5.74, 6) is 0. The molecule has 2 aromatic rings. The van der Waals surface area contributed by atoms with Crippen LogP contribution in [-0.4, -0.2) is 23.6 Å². The maximum atomic E-state index is 11.8. The number of rotatable bonds is 1. The van der Waals surface area contributed by atoms with E-state index >= 15 is 0 Å². The smallest absolute Gasteiger partial charge is 0.328 e. The van der Waals surface area contributed by atoms with Crippen molar-refractivity contribution in [3.63, 3.8) is 0 Å². The van der Waals surface area contributed by atoms with Crippen LogP contribution in [0.15, 0.2) is 27.8 Å². The zero-order chi connectivity index (χ0) is 11.9. The number of nitrogens with one attached hydrogen (secondary N) is 1. The summed E-state index contributed by atoms with van der Waals surface area (Å²) in [7, 11) is 5.26. The third-order valence-corrected chi connectivity index (χ3v) is 2.60. The van der Waals surface area contributed by atoms with Gasteiger partial charge in [-0.1, -0.05) is 0 Å². The maximum Gasteiger partial charge on any atom is 0.328 e. The number of fused-ring (bicyclic) bond motifs is 1. The molecule has 1 aromatic heterocycles. The van der Waals surface area contributed by atoms with Crippen molar-refractivity contribution in [1.82, 2.24) is 9.55 Å². The van der Waals surface area contributed by atoms with Crippen LogP contribution in [0.1, 0.15) is 0 Å². The minimum Gasteiger partial charge on any atom is -0.378 e. The fourth-order valence-electron chi connectivity index (χ4n) is 1.57. The van der Waals surface area contributed by atoms with Gasteiger partial charge in [0.05, 0.1) is 10.9 Å². The molecule has 0 bridgehead atoms. The molecule has 5 heteroatoms. The summed E-state index contributed by atoms with van der Waals surface area (Å²) in [6.07, 6.45) is 0. The van der Waals surface area contributed by atoms with E-state index in [1.165, 1.54) is 7.05 Å². The van der Waals surface area contributed by atoms with E-state index in [9.17, 15) is 9.59 Å². The number of benzene rings is 1. The lowest BCUT2D eigenvalue weighted by Gasteiger charge is -2.12. The minimum absolute atomic E-state index is 0.274. The Morgan fingerprint density at radius 1 is 1.25 bits per heavy atom. The molecule has 0 atom stereocenters. The van der Waals surface area contributed by atoms with Crippen molar-refractivity contribution in [2.24, 2.45) is 7.05 Å². The predicted octanol–water partition coefficient (Wildman–Crippen LogP) is 0.293. The molecule has 84 valence electrons. The van der Waals surface area contributed by atoms with Gasteiger partial charge in [0.15, 0.2) is 0 Å². The first-order valence-electron chi connectivity index (χ1n) is 4.91. The Bertz CT molecular complexity index is 652. The zero-order valence-corrected chi connectivity index (χ0v) is 9.44. The van der Waals surface area contributed by atoms with E-state index in [1.807, 2.05) is 25.1 Å². The fourth-order valence-corrected chi connectivity index (χ4v) is 1.57. The fraction of sp³-hybridized carbons (Fsp3) is 0.273. The molecule has 0 amide bonds. The van der Waals surface area contributed by atoms with Gasteiger partial charge in [-0.2, -0.15) is 0 Å². The lowest BCUT2D eigenvalue weighted by Crippen LogP contribution is -2.32. The van der Waals surface area contributed by atoms with Crippen LogP contribution < -0.4 is 16.1 Å². The predicted molar refractivity (Wildman–Crippen MR) is 64.1 cm³/mol. The topological polar surface area (TPSA) is 58.1 Å². The molecule has 0 saturated carbocycles. The summed E-state index contributed by atoms with van der Waals surface area (Å²) >= 11 is 0. The van der Waals surface area contributed by atoms with Crippen molar-refractivity contribution in [2.45, 2.75) is 0 Å². The second-order valence-corrected chi connectivity index (χ2v) is 3.92. The number of hydrogen-bond acceptors (Lipinski definition) is 3. The third-order valence-electron chi connectivity index (χ3n) is 2.60. The molecule has 0 fully saturated rings. The van der Waals surface area contributed by atoms with Gasteiger partial charge < -0.3 is 9.88 Å². The highest BCUT2D eigenvalue weighted by molar-refractivity contribution is 5.81. The van der Waals surface area contributed by atoms with E-state index in [1.54, 1.807) is 12.1 Å². The first-order valence-corrected chi connectivity index (χ1v) is 4.91. The SMILES string of the molecule is CN(C)c1ccc2c(=O)n(C)c(=O)[nH]c2c1. The van der Waals surface area contributed by atoms with Gasteiger partial charge in [0.25, 0.3) is 5.56 Å². The Morgan fingerprint density at radius 3 is 2.56 bits per heavy atom. The van der Waals surface area contributed by atoms with Crippen LogP contribution in [0.4, 0.5) is 5.69 Å². The van der Waals surface area contributed by atoms with Crippen LogP contribution in [0.3, 0.4) is 0 Å².